The quantitative estimate of drug-likeness (QED) is 0.750. The van der Waals surface area contributed by atoms with Crippen molar-refractivity contribution in [2.45, 2.75) is 47.6 Å². The van der Waals surface area contributed by atoms with E-state index in [-0.39, 0.29) is 0 Å². The van der Waals surface area contributed by atoms with Crippen LogP contribution >= 0.6 is 0 Å². The molecule has 2 N–H and O–H groups in total. The lowest BCUT2D eigenvalue weighted by molar-refractivity contribution is 0.643. The number of hydrogen-bond donors (Lipinski definition) is 1. The van der Waals surface area contributed by atoms with Crippen molar-refractivity contribution in [1.82, 2.24) is 4.98 Å². The molecule has 0 saturated heterocycles. The smallest absolute Gasteiger partial charge is 0.0705 e. The zero-order valence-electron chi connectivity index (χ0n) is 16.1. The van der Waals surface area contributed by atoms with Crippen LogP contribution in [0, 0.1) is 12.8 Å². The Bertz CT molecular complexity index is 801. The van der Waals surface area contributed by atoms with Crippen LogP contribution in [0.5, 0.6) is 0 Å². The number of aromatic nitrogens is 1. The molecule has 0 fully saturated rings. The normalized spacial score (nSPS) is 11.9. The Kier molecular flexibility index (Phi) is 6.27. The van der Waals surface area contributed by atoms with Gasteiger partial charge in [-0.25, -0.2) is 0 Å². The van der Waals surface area contributed by atoms with Gasteiger partial charge in [0.1, 0.15) is 0 Å². The van der Waals surface area contributed by atoms with Gasteiger partial charge >= 0.3 is 0 Å². The van der Waals surface area contributed by atoms with E-state index >= 15 is 0 Å². The topological polar surface area (TPSA) is 51.3 Å². The van der Waals surface area contributed by atoms with Gasteiger partial charge in [0.25, 0.3) is 0 Å². The largest absolute Gasteiger partial charge is 0.326 e. The molecular formula is C22H29N3. The Labute approximate surface area is 151 Å². The zero-order chi connectivity index (χ0) is 18.6. The minimum absolute atomic E-state index is 0.553. The highest BCUT2D eigenvalue weighted by atomic mass is 14.8. The van der Waals surface area contributed by atoms with Gasteiger partial charge in [0, 0.05) is 34.8 Å². The second kappa shape index (κ2) is 8.21. The van der Waals surface area contributed by atoms with E-state index in [1.54, 1.807) is 0 Å². The van der Waals surface area contributed by atoms with Gasteiger partial charge in [-0.1, -0.05) is 32.6 Å². The molecule has 0 bridgehead atoms. The van der Waals surface area contributed by atoms with Crippen LogP contribution in [0.2, 0.25) is 0 Å². The van der Waals surface area contributed by atoms with Gasteiger partial charge in [-0.15, -0.1) is 0 Å². The van der Waals surface area contributed by atoms with E-state index in [2.05, 4.69) is 55.8 Å². The van der Waals surface area contributed by atoms with Gasteiger partial charge < -0.3 is 5.73 Å². The highest BCUT2D eigenvalue weighted by Crippen LogP contribution is 2.24. The van der Waals surface area contributed by atoms with E-state index in [1.807, 2.05) is 20.8 Å². The van der Waals surface area contributed by atoms with Gasteiger partial charge in [0.15, 0.2) is 0 Å². The average molecular weight is 335 g/mol. The lowest BCUT2D eigenvalue weighted by Crippen LogP contribution is -2.05. The molecule has 1 heterocycles. The molecule has 3 heteroatoms. The number of benzene rings is 1. The van der Waals surface area contributed by atoms with Crippen LogP contribution in [0.1, 0.15) is 50.1 Å². The first kappa shape index (κ1) is 19.1. The van der Waals surface area contributed by atoms with Crippen LogP contribution < -0.4 is 5.73 Å². The Balaban J connectivity index is 2.39. The van der Waals surface area contributed by atoms with E-state index in [9.17, 15) is 0 Å². The molecule has 0 spiro atoms. The Hall–Kier alpha value is -2.26. The van der Waals surface area contributed by atoms with Crippen molar-refractivity contribution in [3.8, 4) is 11.3 Å². The van der Waals surface area contributed by atoms with Gasteiger partial charge in [0.2, 0.25) is 0 Å². The number of hydrogen-bond acceptors (Lipinski definition) is 3. The van der Waals surface area contributed by atoms with Crippen molar-refractivity contribution in [1.29, 1.82) is 0 Å². The lowest BCUT2D eigenvalue weighted by atomic mass is 9.95. The maximum absolute atomic E-state index is 5.97. The van der Waals surface area contributed by atoms with E-state index in [0.717, 1.165) is 40.3 Å². The minimum atomic E-state index is 0.553. The predicted molar refractivity (Wildman–Crippen MR) is 108 cm³/mol. The summed E-state index contributed by atoms with van der Waals surface area (Å²) >= 11 is 0. The highest BCUT2D eigenvalue weighted by Gasteiger charge is 2.10. The summed E-state index contributed by atoms with van der Waals surface area (Å²) in [5, 5.41) is 0. The van der Waals surface area contributed by atoms with Crippen LogP contribution in [0.3, 0.4) is 0 Å². The summed E-state index contributed by atoms with van der Waals surface area (Å²) in [6.07, 6.45) is 1.05. The fourth-order valence-electron chi connectivity index (χ4n) is 3.06. The van der Waals surface area contributed by atoms with Crippen LogP contribution in [0.25, 0.3) is 11.3 Å². The van der Waals surface area contributed by atoms with E-state index in [4.69, 9.17) is 10.7 Å². The van der Waals surface area contributed by atoms with E-state index < -0.39 is 0 Å². The third-order valence-corrected chi connectivity index (χ3v) is 4.18. The molecule has 0 aliphatic rings. The summed E-state index contributed by atoms with van der Waals surface area (Å²) in [6.45, 7) is 14.8. The van der Waals surface area contributed by atoms with Gasteiger partial charge in [-0.2, -0.15) is 0 Å². The first-order chi connectivity index (χ1) is 11.8. The molecule has 0 aliphatic heterocycles. The third kappa shape index (κ3) is 4.86. The number of nitrogens with zero attached hydrogens (tertiary/aromatic N) is 2. The fraction of sp³-hybridized carbons (Fsp3) is 0.364. The van der Waals surface area contributed by atoms with E-state index in [0.29, 0.717) is 12.5 Å². The number of pyridine rings is 1. The molecule has 0 atom stereocenters. The van der Waals surface area contributed by atoms with Crippen molar-refractivity contribution in [3.05, 3.63) is 65.0 Å². The predicted octanol–water partition coefficient (Wildman–Crippen LogP) is 5.06. The van der Waals surface area contributed by atoms with Gasteiger partial charge in [-0.05, 0) is 62.4 Å². The van der Waals surface area contributed by atoms with E-state index in [1.165, 1.54) is 11.1 Å². The Morgan fingerprint density at radius 1 is 1.16 bits per heavy atom. The number of nitrogens with two attached hydrogens (primary N) is 1. The number of aliphatic imine (C=N–C) groups is 1. The van der Waals surface area contributed by atoms with Crippen molar-refractivity contribution >= 4 is 5.71 Å². The molecule has 3 nitrogen and oxygen atoms in total. The SMILES string of the molecule is C=C(C)N=C(C)c1ccc(-c2ccc(CC(C)C)c(CN)c2)nc1C. The number of allylic oxidation sites excluding steroid dienone is 1. The third-order valence-electron chi connectivity index (χ3n) is 4.18. The van der Waals surface area contributed by atoms with Crippen molar-refractivity contribution in [3.63, 3.8) is 0 Å². The van der Waals surface area contributed by atoms with Crippen molar-refractivity contribution < 1.29 is 0 Å². The van der Waals surface area contributed by atoms with Crippen LogP contribution in [0.15, 0.2) is 47.6 Å². The summed E-state index contributed by atoms with van der Waals surface area (Å²) in [5.41, 5.74) is 14.4. The van der Waals surface area contributed by atoms with Crippen LogP contribution in [-0.2, 0) is 13.0 Å². The van der Waals surface area contributed by atoms with Crippen LogP contribution in [0.4, 0.5) is 0 Å². The molecule has 0 radical (unpaired) electrons. The first-order valence-electron chi connectivity index (χ1n) is 8.83. The Morgan fingerprint density at radius 3 is 2.44 bits per heavy atom. The van der Waals surface area contributed by atoms with Crippen LogP contribution in [-0.4, -0.2) is 10.7 Å². The molecule has 1 aromatic heterocycles. The summed E-state index contributed by atoms with van der Waals surface area (Å²) in [7, 11) is 0. The summed E-state index contributed by atoms with van der Waals surface area (Å²) < 4.78 is 0. The zero-order valence-corrected chi connectivity index (χ0v) is 16.1. The summed E-state index contributed by atoms with van der Waals surface area (Å²) in [4.78, 5) is 9.23. The molecule has 2 aromatic rings. The van der Waals surface area contributed by atoms with Crippen molar-refractivity contribution in [2.75, 3.05) is 0 Å². The molecule has 0 unspecified atom stereocenters. The second-order valence-corrected chi connectivity index (χ2v) is 7.05. The molecule has 2 rings (SSSR count). The minimum Gasteiger partial charge on any atom is -0.326 e. The molecule has 0 amide bonds. The van der Waals surface area contributed by atoms with Gasteiger partial charge in [0.05, 0.1) is 5.69 Å². The monoisotopic (exact) mass is 335 g/mol. The molecule has 25 heavy (non-hydrogen) atoms. The number of aryl methyl sites for hydroxylation is 1. The maximum Gasteiger partial charge on any atom is 0.0705 e. The maximum atomic E-state index is 5.97. The summed E-state index contributed by atoms with van der Waals surface area (Å²) in [6, 6.07) is 10.7. The lowest BCUT2D eigenvalue weighted by Gasteiger charge is -2.13. The molecule has 132 valence electrons. The molecule has 1 aromatic carbocycles. The first-order valence-corrected chi connectivity index (χ1v) is 8.83. The average Bonchev–Trinajstić information content (AvgIpc) is 2.53. The molecule has 0 aliphatic carbocycles. The summed E-state index contributed by atoms with van der Waals surface area (Å²) in [5.74, 6) is 0.617. The standard InChI is InChI=1S/C22H29N3/c1-14(2)11-18-7-8-19(12-20(18)13-23)22-10-9-21(17(6)25-22)16(5)24-15(3)4/h7-10,12,14H,3,11,13,23H2,1-2,4-6H3. The fourth-order valence-corrected chi connectivity index (χ4v) is 3.06. The second-order valence-electron chi connectivity index (χ2n) is 7.05. The van der Waals surface area contributed by atoms with Crippen molar-refractivity contribution in [2.24, 2.45) is 16.6 Å². The highest BCUT2D eigenvalue weighted by molar-refractivity contribution is 6.00. The molecule has 0 saturated carbocycles. The Morgan fingerprint density at radius 2 is 1.88 bits per heavy atom. The van der Waals surface area contributed by atoms with Gasteiger partial charge in [-0.3, -0.25) is 9.98 Å². The molecular weight excluding hydrogens is 306 g/mol. The number of rotatable bonds is 6.